The summed E-state index contributed by atoms with van der Waals surface area (Å²) in [5.41, 5.74) is 0.329. The van der Waals surface area contributed by atoms with Crippen LogP contribution in [0.5, 0.6) is 0 Å². The molecule has 0 amide bonds. The number of rotatable bonds is 1. The van der Waals surface area contributed by atoms with Gasteiger partial charge in [-0.1, -0.05) is 0 Å². The Labute approximate surface area is 79.5 Å². The van der Waals surface area contributed by atoms with E-state index in [-0.39, 0.29) is 0 Å². The van der Waals surface area contributed by atoms with Gasteiger partial charge in [-0.2, -0.15) is 13.2 Å². The van der Waals surface area contributed by atoms with Crippen LogP contribution >= 0.6 is 0 Å². The molecule has 0 aliphatic carbocycles. The van der Waals surface area contributed by atoms with Crippen LogP contribution in [0.3, 0.4) is 0 Å². The Bertz CT molecular complexity index is 343. The first-order valence-corrected chi connectivity index (χ1v) is 4.00. The first-order chi connectivity index (χ1) is 6.36. The zero-order valence-electron chi connectivity index (χ0n) is 7.77. The molecule has 0 aliphatic rings. The van der Waals surface area contributed by atoms with Gasteiger partial charge in [-0.15, -0.1) is 0 Å². The number of carbonyl (C=O) groups excluding carboxylic acids is 1. The number of hydrogen-bond donors (Lipinski definition) is 0. The molecule has 4 heteroatoms. The van der Waals surface area contributed by atoms with Crippen LogP contribution in [0.2, 0.25) is 0 Å². The van der Waals surface area contributed by atoms with E-state index in [2.05, 4.69) is 0 Å². The first-order valence-electron chi connectivity index (χ1n) is 4.00. The van der Waals surface area contributed by atoms with Gasteiger partial charge in [-0.25, -0.2) is 0 Å². The summed E-state index contributed by atoms with van der Waals surface area (Å²) < 4.78 is 36.9. The average Bonchev–Trinajstić information content (AvgIpc) is 2.01. The number of alkyl halides is 3. The van der Waals surface area contributed by atoms with Crippen LogP contribution in [-0.2, 0) is 6.18 Å². The lowest BCUT2D eigenvalue weighted by molar-refractivity contribution is -0.137. The maximum absolute atomic E-state index is 12.3. The highest BCUT2D eigenvalue weighted by Gasteiger charge is 2.31. The Kier molecular flexibility index (Phi) is 2.64. The number of hydrogen-bond acceptors (Lipinski definition) is 1. The predicted molar refractivity (Wildman–Crippen MR) is 46.3 cm³/mol. The summed E-state index contributed by atoms with van der Waals surface area (Å²) in [5.74, 6) is 0. The molecule has 0 aliphatic heterocycles. The molecular formula is C10H9F3O. The lowest BCUT2D eigenvalue weighted by atomic mass is 10.0. The van der Waals surface area contributed by atoms with Gasteiger partial charge in [0.25, 0.3) is 0 Å². The van der Waals surface area contributed by atoms with Gasteiger partial charge in [0.05, 0.1) is 5.56 Å². The Balaban J connectivity index is 3.35. The fourth-order valence-corrected chi connectivity index (χ4v) is 1.32. The van der Waals surface area contributed by atoms with Crippen molar-refractivity contribution in [3.63, 3.8) is 0 Å². The summed E-state index contributed by atoms with van der Waals surface area (Å²) in [6.07, 6.45) is -3.78. The zero-order chi connectivity index (χ0) is 10.9. The molecule has 1 nitrogen and oxygen atoms in total. The average molecular weight is 202 g/mol. The summed E-state index contributed by atoms with van der Waals surface area (Å²) >= 11 is 0. The molecule has 0 fully saturated rings. The van der Waals surface area contributed by atoms with Crippen molar-refractivity contribution in [2.45, 2.75) is 20.0 Å². The van der Waals surface area contributed by atoms with E-state index >= 15 is 0 Å². The lowest BCUT2D eigenvalue weighted by Crippen LogP contribution is -2.07. The fraction of sp³-hybridized carbons (Fsp3) is 0.300. The molecule has 1 aromatic rings. The van der Waals surface area contributed by atoms with Crippen LogP contribution in [0, 0.1) is 13.8 Å². The predicted octanol–water partition coefficient (Wildman–Crippen LogP) is 3.13. The van der Waals surface area contributed by atoms with E-state index in [4.69, 9.17) is 0 Å². The fourth-order valence-electron chi connectivity index (χ4n) is 1.32. The third-order valence-electron chi connectivity index (χ3n) is 2.04. The van der Waals surface area contributed by atoms with Gasteiger partial charge < -0.3 is 0 Å². The van der Waals surface area contributed by atoms with E-state index in [9.17, 15) is 18.0 Å². The van der Waals surface area contributed by atoms with Gasteiger partial charge >= 0.3 is 6.18 Å². The van der Waals surface area contributed by atoms with Crippen LogP contribution < -0.4 is 0 Å². The molecule has 76 valence electrons. The van der Waals surface area contributed by atoms with E-state index in [0.717, 1.165) is 12.1 Å². The van der Waals surface area contributed by atoms with Crippen LogP contribution in [0.4, 0.5) is 13.2 Å². The molecule has 14 heavy (non-hydrogen) atoms. The van der Waals surface area contributed by atoms with E-state index in [1.165, 1.54) is 13.8 Å². The minimum Gasteiger partial charge on any atom is -0.298 e. The second-order valence-corrected chi connectivity index (χ2v) is 3.14. The van der Waals surface area contributed by atoms with Crippen LogP contribution in [0.25, 0.3) is 0 Å². The molecule has 0 aromatic heterocycles. The van der Waals surface area contributed by atoms with Gasteiger partial charge in [0.15, 0.2) is 6.29 Å². The van der Waals surface area contributed by atoms with Crippen LogP contribution in [-0.4, -0.2) is 6.29 Å². The van der Waals surface area contributed by atoms with E-state index < -0.39 is 11.7 Å². The highest BCUT2D eigenvalue weighted by Crippen LogP contribution is 2.31. The quantitative estimate of drug-likeness (QED) is 0.639. The Morgan fingerprint density at radius 3 is 1.86 bits per heavy atom. The minimum absolute atomic E-state index is 0.331. The number of aldehydes is 1. The van der Waals surface area contributed by atoms with Crippen LogP contribution in [0.1, 0.15) is 27.0 Å². The van der Waals surface area contributed by atoms with Crippen molar-refractivity contribution in [2.24, 2.45) is 0 Å². The maximum atomic E-state index is 12.3. The van der Waals surface area contributed by atoms with Crippen molar-refractivity contribution < 1.29 is 18.0 Å². The largest absolute Gasteiger partial charge is 0.416 e. The standard InChI is InChI=1S/C10H9F3O/c1-6-3-8(10(11,12)13)4-7(2)9(6)5-14/h3-5H,1-2H3. The Morgan fingerprint density at radius 2 is 1.57 bits per heavy atom. The van der Waals surface area contributed by atoms with E-state index in [1.54, 1.807) is 0 Å². The minimum atomic E-state index is -4.35. The highest BCUT2D eigenvalue weighted by atomic mass is 19.4. The summed E-state index contributed by atoms with van der Waals surface area (Å²) in [7, 11) is 0. The number of halogens is 3. The molecule has 0 atom stereocenters. The van der Waals surface area contributed by atoms with Crippen molar-refractivity contribution in [1.29, 1.82) is 0 Å². The first kappa shape index (κ1) is 10.8. The van der Waals surface area contributed by atoms with Crippen molar-refractivity contribution in [3.05, 3.63) is 34.4 Å². The third-order valence-corrected chi connectivity index (χ3v) is 2.04. The molecule has 1 aromatic carbocycles. The summed E-state index contributed by atoms with van der Waals surface area (Å²) in [4.78, 5) is 10.5. The SMILES string of the molecule is Cc1cc(C(F)(F)F)cc(C)c1C=O. The topological polar surface area (TPSA) is 17.1 Å². The van der Waals surface area contributed by atoms with Gasteiger partial charge in [-0.05, 0) is 37.1 Å². The molecule has 0 N–H and O–H groups in total. The molecule has 0 saturated carbocycles. The summed E-state index contributed by atoms with van der Waals surface area (Å²) in [6.45, 7) is 2.98. The smallest absolute Gasteiger partial charge is 0.298 e. The van der Waals surface area contributed by atoms with E-state index in [1.807, 2.05) is 0 Å². The summed E-state index contributed by atoms with van der Waals surface area (Å²) in [5, 5.41) is 0. The summed E-state index contributed by atoms with van der Waals surface area (Å²) in [6, 6.07) is 1.97. The lowest BCUT2D eigenvalue weighted by Gasteiger charge is -2.10. The van der Waals surface area contributed by atoms with E-state index in [0.29, 0.717) is 23.0 Å². The highest BCUT2D eigenvalue weighted by molar-refractivity contribution is 5.79. The molecule has 0 bridgehead atoms. The van der Waals surface area contributed by atoms with Crippen LogP contribution in [0.15, 0.2) is 12.1 Å². The zero-order valence-corrected chi connectivity index (χ0v) is 7.77. The molecule has 0 unspecified atom stereocenters. The van der Waals surface area contributed by atoms with Crippen molar-refractivity contribution in [1.82, 2.24) is 0 Å². The third kappa shape index (κ3) is 1.95. The normalized spacial score (nSPS) is 11.5. The molecule has 1 rings (SSSR count). The second kappa shape index (κ2) is 3.44. The molecule has 0 radical (unpaired) electrons. The van der Waals surface area contributed by atoms with Crippen molar-refractivity contribution >= 4 is 6.29 Å². The number of carbonyl (C=O) groups is 1. The monoisotopic (exact) mass is 202 g/mol. The van der Waals surface area contributed by atoms with Crippen molar-refractivity contribution in [2.75, 3.05) is 0 Å². The molecular weight excluding hydrogens is 193 g/mol. The van der Waals surface area contributed by atoms with Gasteiger partial charge in [0, 0.05) is 5.56 Å². The van der Waals surface area contributed by atoms with Gasteiger partial charge in [0.2, 0.25) is 0 Å². The number of aryl methyl sites for hydroxylation is 2. The Morgan fingerprint density at radius 1 is 1.14 bits per heavy atom. The van der Waals surface area contributed by atoms with Crippen molar-refractivity contribution in [3.8, 4) is 0 Å². The second-order valence-electron chi connectivity index (χ2n) is 3.14. The molecule has 0 heterocycles. The molecule has 0 saturated heterocycles. The maximum Gasteiger partial charge on any atom is 0.416 e. The van der Waals surface area contributed by atoms with Gasteiger partial charge in [0.1, 0.15) is 0 Å². The van der Waals surface area contributed by atoms with Gasteiger partial charge in [-0.3, -0.25) is 4.79 Å². The Hall–Kier alpha value is -1.32. The number of benzene rings is 1. The molecule has 0 spiro atoms.